The molecule has 9 nitrogen and oxygen atoms in total. The van der Waals surface area contributed by atoms with Gasteiger partial charge in [-0.15, -0.1) is 0 Å². The van der Waals surface area contributed by atoms with Gasteiger partial charge in [-0.05, 0) is 111 Å². The van der Waals surface area contributed by atoms with Gasteiger partial charge in [0.25, 0.3) is 0 Å². The van der Waals surface area contributed by atoms with Crippen molar-refractivity contribution < 1.29 is 14.2 Å². The van der Waals surface area contributed by atoms with Crippen LogP contribution in [0.5, 0.6) is 5.75 Å². The third kappa shape index (κ3) is 11.4. The summed E-state index contributed by atoms with van der Waals surface area (Å²) in [6.07, 6.45) is 20.0. The number of aromatic nitrogens is 5. The van der Waals surface area contributed by atoms with E-state index in [2.05, 4.69) is 34.7 Å². The minimum atomic E-state index is -0.178. The fraction of sp³-hybridized carbons (Fsp3) is 0.513. The monoisotopic (exact) mass is 735 g/mol. The lowest BCUT2D eigenvalue weighted by Crippen LogP contribution is -2.35. The Morgan fingerprint density at radius 3 is 1.59 bits per heavy atom. The summed E-state index contributed by atoms with van der Waals surface area (Å²) >= 11 is 11.7. The fourth-order valence-corrected chi connectivity index (χ4v) is 7.89. The number of hydrogen-bond donors (Lipinski definition) is 1. The molecule has 51 heavy (non-hydrogen) atoms. The maximum absolute atomic E-state index is 11.9. The number of nitrogens with zero attached hydrogens (tertiary/aromatic N) is 7. The molecular formula is C39H48Cl2FN7O2. The highest BCUT2D eigenvalue weighted by Gasteiger charge is 2.44. The molecular weight excluding hydrogens is 688 g/mol. The van der Waals surface area contributed by atoms with E-state index in [-0.39, 0.29) is 5.82 Å². The van der Waals surface area contributed by atoms with Gasteiger partial charge >= 0.3 is 0 Å². The summed E-state index contributed by atoms with van der Waals surface area (Å²) in [7, 11) is 0. The molecule has 272 valence electrons. The van der Waals surface area contributed by atoms with Crippen LogP contribution in [0.25, 0.3) is 0 Å². The van der Waals surface area contributed by atoms with Gasteiger partial charge in [0.2, 0.25) is 11.9 Å². The van der Waals surface area contributed by atoms with E-state index < -0.39 is 0 Å². The van der Waals surface area contributed by atoms with Gasteiger partial charge in [0.1, 0.15) is 11.6 Å². The Hall–Kier alpha value is -3.60. The molecule has 8 rings (SSSR count). The summed E-state index contributed by atoms with van der Waals surface area (Å²) < 4.78 is 17.7. The van der Waals surface area contributed by atoms with Crippen LogP contribution < -0.4 is 14.5 Å². The van der Waals surface area contributed by atoms with E-state index in [1.807, 2.05) is 12.1 Å². The van der Waals surface area contributed by atoms with E-state index in [9.17, 15) is 4.39 Å². The van der Waals surface area contributed by atoms with Crippen molar-refractivity contribution >= 4 is 35.1 Å². The molecule has 0 radical (unpaired) electrons. The molecule has 4 fully saturated rings. The molecule has 4 unspecified atom stereocenters. The lowest BCUT2D eigenvalue weighted by atomic mass is 9.90. The van der Waals surface area contributed by atoms with Crippen molar-refractivity contribution in [2.45, 2.75) is 51.4 Å². The van der Waals surface area contributed by atoms with Crippen LogP contribution in [-0.2, 0) is 0 Å². The van der Waals surface area contributed by atoms with Crippen molar-refractivity contribution in [2.24, 2.45) is 35.5 Å². The summed E-state index contributed by atoms with van der Waals surface area (Å²) in [4.78, 5) is 25.8. The minimum absolute atomic E-state index is 0.178. The fourth-order valence-electron chi connectivity index (χ4n) is 7.70. The van der Waals surface area contributed by atoms with E-state index in [0.29, 0.717) is 16.7 Å². The normalized spacial score (nSPS) is 23.0. The molecule has 0 bridgehead atoms. The first-order valence-corrected chi connectivity index (χ1v) is 19.0. The Bertz CT molecular complexity index is 1580. The number of halogens is 3. The van der Waals surface area contributed by atoms with Gasteiger partial charge in [0, 0.05) is 45.2 Å². The van der Waals surface area contributed by atoms with E-state index >= 15 is 0 Å². The molecule has 4 aromatic rings. The van der Waals surface area contributed by atoms with Crippen LogP contribution in [0.2, 0.25) is 10.0 Å². The lowest BCUT2D eigenvalue weighted by Gasteiger charge is -2.32. The second-order valence-corrected chi connectivity index (χ2v) is 14.9. The highest BCUT2D eigenvalue weighted by atomic mass is 35.5. The van der Waals surface area contributed by atoms with Crippen LogP contribution in [-0.4, -0.2) is 69.4 Å². The average molecular weight is 737 g/mol. The quantitative estimate of drug-likeness (QED) is 0.174. The zero-order valence-corrected chi connectivity index (χ0v) is 30.5. The SMILES string of the molecule is Clc1cnc(N2CCC(C3CC3CCOc3ccncc3)CC2)nc1.Fc1ccccc1.OCCC1CC1C1CCN(c2ncc(Cl)cn2)CC1. The molecule has 0 amide bonds. The minimum Gasteiger partial charge on any atom is -0.493 e. The number of aliphatic hydroxyl groups is 1. The number of rotatable bonds is 10. The first kappa shape index (κ1) is 37.2. The Kier molecular flexibility index (Phi) is 13.7. The molecule has 5 heterocycles. The Labute approximate surface area is 310 Å². The molecule has 12 heteroatoms. The van der Waals surface area contributed by atoms with E-state index in [0.717, 1.165) is 98.8 Å². The second-order valence-electron chi connectivity index (χ2n) is 14.0. The highest BCUT2D eigenvalue weighted by Crippen LogP contribution is 2.50. The molecule has 2 aliphatic heterocycles. The van der Waals surface area contributed by atoms with Crippen molar-refractivity contribution in [3.05, 3.63) is 95.5 Å². The van der Waals surface area contributed by atoms with E-state index in [4.69, 9.17) is 33.0 Å². The van der Waals surface area contributed by atoms with Gasteiger partial charge < -0.3 is 19.6 Å². The van der Waals surface area contributed by atoms with Crippen LogP contribution in [0.15, 0.2) is 79.6 Å². The number of aliphatic hydroxyl groups excluding tert-OH is 1. The average Bonchev–Trinajstić information content (AvgIpc) is 4.11. The molecule has 4 atom stereocenters. The number of ether oxygens (including phenoxy) is 1. The van der Waals surface area contributed by atoms with Crippen molar-refractivity contribution in [3.8, 4) is 5.75 Å². The molecule has 2 saturated carbocycles. The number of piperidine rings is 2. The number of pyridine rings is 1. The second kappa shape index (κ2) is 18.8. The Balaban J connectivity index is 0.000000151. The molecule has 3 aromatic heterocycles. The van der Waals surface area contributed by atoms with Crippen LogP contribution in [0.1, 0.15) is 51.4 Å². The topological polar surface area (TPSA) is 100 Å². The van der Waals surface area contributed by atoms with E-state index in [1.165, 1.54) is 50.7 Å². The largest absolute Gasteiger partial charge is 0.493 e. The predicted octanol–water partition coefficient (Wildman–Crippen LogP) is 8.04. The zero-order chi connectivity index (χ0) is 35.4. The van der Waals surface area contributed by atoms with Crippen LogP contribution in [0.3, 0.4) is 0 Å². The van der Waals surface area contributed by atoms with Gasteiger partial charge in [0.05, 0.1) is 41.4 Å². The maximum Gasteiger partial charge on any atom is 0.225 e. The Morgan fingerprint density at radius 2 is 1.16 bits per heavy atom. The summed E-state index contributed by atoms with van der Waals surface area (Å²) in [5.41, 5.74) is 0. The third-order valence-electron chi connectivity index (χ3n) is 10.7. The number of benzene rings is 1. The van der Waals surface area contributed by atoms with Gasteiger partial charge in [0.15, 0.2) is 0 Å². The third-order valence-corrected chi connectivity index (χ3v) is 11.1. The first-order chi connectivity index (χ1) is 25.0. The molecule has 1 aromatic carbocycles. The number of hydrogen-bond acceptors (Lipinski definition) is 9. The summed E-state index contributed by atoms with van der Waals surface area (Å²) in [5, 5.41) is 10.1. The van der Waals surface area contributed by atoms with E-state index in [1.54, 1.807) is 55.4 Å². The highest BCUT2D eigenvalue weighted by molar-refractivity contribution is 6.30. The maximum atomic E-state index is 11.9. The molecule has 2 aliphatic carbocycles. The number of anilines is 2. The molecule has 4 aliphatic rings. The first-order valence-electron chi connectivity index (χ1n) is 18.3. The molecule has 1 N–H and O–H groups in total. The Morgan fingerprint density at radius 1 is 0.686 bits per heavy atom. The zero-order valence-electron chi connectivity index (χ0n) is 29.0. The molecule has 2 saturated heterocycles. The van der Waals surface area contributed by atoms with Crippen LogP contribution in [0, 0.1) is 41.3 Å². The van der Waals surface area contributed by atoms with Crippen molar-refractivity contribution in [3.63, 3.8) is 0 Å². The summed E-state index contributed by atoms with van der Waals surface area (Å²) in [6.45, 7) is 5.32. The standard InChI is InChI=1S/C19H23ClN4O.C14H20ClN3O.C6H5F/c20-16-12-22-19(23-13-16)24-8-3-14(4-9-24)18-11-15(18)5-10-25-17-1-6-21-7-2-17;15-12-8-16-14(17-9-12)18-4-1-10(2-5-18)13-7-11(13)3-6-19;7-6-4-2-1-3-5-6/h1-2,6-7,12-15,18H,3-5,8-11H2;8-11,13,19H,1-7H2;1-5H. The van der Waals surface area contributed by atoms with Crippen LogP contribution in [0.4, 0.5) is 16.3 Å². The van der Waals surface area contributed by atoms with Crippen molar-refractivity contribution in [2.75, 3.05) is 49.2 Å². The lowest BCUT2D eigenvalue weighted by molar-refractivity contribution is 0.266. The van der Waals surface area contributed by atoms with Gasteiger partial charge in [-0.1, -0.05) is 41.4 Å². The van der Waals surface area contributed by atoms with Crippen molar-refractivity contribution in [1.82, 2.24) is 24.9 Å². The van der Waals surface area contributed by atoms with Gasteiger partial charge in [-0.2, -0.15) is 0 Å². The van der Waals surface area contributed by atoms with Gasteiger partial charge in [-0.25, -0.2) is 24.3 Å². The smallest absolute Gasteiger partial charge is 0.225 e. The summed E-state index contributed by atoms with van der Waals surface area (Å²) in [5.74, 6) is 7.39. The van der Waals surface area contributed by atoms with Crippen molar-refractivity contribution in [1.29, 1.82) is 0 Å². The predicted molar refractivity (Wildman–Crippen MR) is 200 cm³/mol. The van der Waals surface area contributed by atoms with Crippen LogP contribution >= 0.6 is 23.2 Å². The van der Waals surface area contributed by atoms with Gasteiger partial charge in [-0.3, -0.25) is 4.98 Å². The summed E-state index contributed by atoms with van der Waals surface area (Å²) in [6, 6.07) is 11.8. The molecule has 0 spiro atoms.